The van der Waals surface area contributed by atoms with Crippen molar-refractivity contribution in [2.75, 3.05) is 0 Å². The number of fused-ring (bicyclic) bond motifs is 1. The van der Waals surface area contributed by atoms with Crippen LogP contribution in [0.5, 0.6) is 0 Å². The molecule has 1 aliphatic carbocycles. The number of halogens is 1. The van der Waals surface area contributed by atoms with Gasteiger partial charge >= 0.3 is 0 Å². The summed E-state index contributed by atoms with van der Waals surface area (Å²) in [6.45, 7) is 1.19. The van der Waals surface area contributed by atoms with Crippen LogP contribution < -0.4 is 0 Å². The van der Waals surface area contributed by atoms with E-state index in [4.69, 9.17) is 32.7 Å². The van der Waals surface area contributed by atoms with Crippen molar-refractivity contribution in [3.63, 3.8) is 0 Å². The van der Waals surface area contributed by atoms with Crippen molar-refractivity contribution in [3.05, 3.63) is 64.3 Å². The van der Waals surface area contributed by atoms with E-state index in [1.165, 1.54) is 0 Å². The molecule has 2 aromatic carbocycles. The van der Waals surface area contributed by atoms with Gasteiger partial charge in [0.25, 0.3) is 4.84 Å². The van der Waals surface area contributed by atoms with Crippen LogP contribution in [0.4, 0.5) is 0 Å². The molecule has 0 saturated heterocycles. The van der Waals surface area contributed by atoms with Gasteiger partial charge in [-0.05, 0) is 61.5 Å². The molecule has 0 radical (unpaired) electrons. The Hall–Kier alpha value is -2.48. The lowest BCUT2D eigenvalue weighted by molar-refractivity contribution is 0.179. The standard InChI is InChI=1S/C20H17ClN4O2S/c21-14-7-5-13(6-8-14)19-23-22-18(27-19)11-24(15-9-10-15)12-25-16-3-1-2-4-17(16)26-20(25)28/h1-8,15H,9-12H2. The van der Waals surface area contributed by atoms with E-state index < -0.39 is 0 Å². The van der Waals surface area contributed by atoms with Crippen LogP contribution in [0, 0.1) is 4.84 Å². The van der Waals surface area contributed by atoms with E-state index in [1.807, 2.05) is 53.1 Å². The molecule has 0 atom stereocenters. The van der Waals surface area contributed by atoms with Gasteiger partial charge in [-0.3, -0.25) is 9.47 Å². The Morgan fingerprint density at radius 3 is 2.64 bits per heavy atom. The Labute approximate surface area is 171 Å². The fraction of sp³-hybridized carbons (Fsp3) is 0.250. The normalized spacial score (nSPS) is 14.2. The van der Waals surface area contributed by atoms with Crippen molar-refractivity contribution < 1.29 is 8.83 Å². The number of benzene rings is 2. The zero-order chi connectivity index (χ0) is 19.1. The Kier molecular flexibility index (Phi) is 4.50. The number of oxazole rings is 1. The molecule has 0 unspecified atom stereocenters. The summed E-state index contributed by atoms with van der Waals surface area (Å²) in [5.74, 6) is 1.07. The van der Waals surface area contributed by atoms with Crippen LogP contribution in [-0.4, -0.2) is 25.7 Å². The molecule has 0 N–H and O–H groups in total. The van der Waals surface area contributed by atoms with Crippen LogP contribution in [-0.2, 0) is 13.2 Å². The molecule has 1 fully saturated rings. The number of hydrogen-bond acceptors (Lipinski definition) is 6. The molecular weight excluding hydrogens is 396 g/mol. The fourth-order valence-electron chi connectivity index (χ4n) is 3.26. The number of para-hydroxylation sites is 2. The molecule has 1 saturated carbocycles. The summed E-state index contributed by atoms with van der Waals surface area (Å²) < 4.78 is 13.6. The topological polar surface area (TPSA) is 60.2 Å². The van der Waals surface area contributed by atoms with Crippen LogP contribution in [0.1, 0.15) is 18.7 Å². The van der Waals surface area contributed by atoms with Gasteiger partial charge in [0, 0.05) is 16.6 Å². The minimum atomic E-state index is 0.472. The van der Waals surface area contributed by atoms with E-state index >= 15 is 0 Å². The fourth-order valence-corrected chi connectivity index (χ4v) is 3.64. The molecule has 2 heterocycles. The maximum atomic E-state index is 5.95. The third-order valence-electron chi connectivity index (χ3n) is 4.86. The molecule has 5 rings (SSSR count). The van der Waals surface area contributed by atoms with Crippen LogP contribution >= 0.6 is 23.8 Å². The highest BCUT2D eigenvalue weighted by atomic mass is 35.5. The first-order chi connectivity index (χ1) is 13.7. The maximum absolute atomic E-state index is 5.95. The average molecular weight is 413 g/mol. The second-order valence-corrected chi connectivity index (χ2v) is 7.68. The van der Waals surface area contributed by atoms with Gasteiger partial charge < -0.3 is 8.83 Å². The van der Waals surface area contributed by atoms with Gasteiger partial charge in [-0.15, -0.1) is 10.2 Å². The van der Waals surface area contributed by atoms with Crippen molar-refractivity contribution in [1.29, 1.82) is 0 Å². The molecule has 8 heteroatoms. The highest BCUT2D eigenvalue weighted by molar-refractivity contribution is 7.71. The number of hydrogen-bond donors (Lipinski definition) is 0. The third-order valence-corrected chi connectivity index (χ3v) is 5.41. The van der Waals surface area contributed by atoms with Crippen LogP contribution in [0.25, 0.3) is 22.6 Å². The van der Waals surface area contributed by atoms with Crippen molar-refractivity contribution in [3.8, 4) is 11.5 Å². The highest BCUT2D eigenvalue weighted by Gasteiger charge is 2.31. The van der Waals surface area contributed by atoms with E-state index in [1.54, 1.807) is 0 Å². The quantitative estimate of drug-likeness (QED) is 0.401. The summed E-state index contributed by atoms with van der Waals surface area (Å²) in [4.78, 5) is 2.77. The molecule has 6 nitrogen and oxygen atoms in total. The third kappa shape index (κ3) is 3.48. The summed E-state index contributed by atoms with van der Waals surface area (Å²) in [7, 11) is 0. The lowest BCUT2D eigenvalue weighted by Crippen LogP contribution is -2.28. The van der Waals surface area contributed by atoms with Crippen LogP contribution in [0.3, 0.4) is 0 Å². The van der Waals surface area contributed by atoms with Crippen LogP contribution in [0.2, 0.25) is 5.02 Å². The SMILES string of the molecule is S=c1oc2ccccc2n1CN(Cc1nnc(-c2ccc(Cl)cc2)o1)C1CC1. The van der Waals surface area contributed by atoms with Gasteiger partial charge in [0.05, 0.1) is 18.7 Å². The monoisotopic (exact) mass is 412 g/mol. The second kappa shape index (κ2) is 7.16. The first-order valence-electron chi connectivity index (χ1n) is 9.08. The zero-order valence-electron chi connectivity index (χ0n) is 14.9. The van der Waals surface area contributed by atoms with Gasteiger partial charge in [0.1, 0.15) is 0 Å². The summed E-state index contributed by atoms with van der Waals surface area (Å²) in [5.41, 5.74) is 2.64. The summed E-state index contributed by atoms with van der Waals surface area (Å²) in [5, 5.41) is 9.08. The highest BCUT2D eigenvalue weighted by Crippen LogP contribution is 2.30. The largest absolute Gasteiger partial charge is 0.429 e. The van der Waals surface area contributed by atoms with Crippen molar-refractivity contribution in [2.45, 2.75) is 32.1 Å². The molecule has 1 aliphatic rings. The Balaban J connectivity index is 1.39. The van der Waals surface area contributed by atoms with E-state index in [0.717, 1.165) is 29.5 Å². The Morgan fingerprint density at radius 2 is 1.86 bits per heavy atom. The smallest absolute Gasteiger partial charge is 0.270 e. The van der Waals surface area contributed by atoms with E-state index in [-0.39, 0.29) is 0 Å². The molecule has 0 aliphatic heterocycles. The van der Waals surface area contributed by atoms with Crippen molar-refractivity contribution in [1.82, 2.24) is 19.7 Å². The maximum Gasteiger partial charge on any atom is 0.270 e. The molecule has 28 heavy (non-hydrogen) atoms. The van der Waals surface area contributed by atoms with Crippen LogP contribution in [0.15, 0.2) is 57.4 Å². The van der Waals surface area contributed by atoms with Crippen molar-refractivity contribution >= 4 is 34.9 Å². The first kappa shape index (κ1) is 17.6. The molecule has 0 spiro atoms. The number of rotatable bonds is 6. The minimum Gasteiger partial charge on any atom is -0.429 e. The average Bonchev–Trinajstić information content (AvgIpc) is 3.37. The molecule has 142 valence electrons. The molecule has 0 amide bonds. The number of aromatic nitrogens is 3. The van der Waals surface area contributed by atoms with Gasteiger partial charge in [-0.2, -0.15) is 0 Å². The number of nitrogens with zero attached hydrogens (tertiary/aromatic N) is 4. The van der Waals surface area contributed by atoms with Gasteiger partial charge in [-0.25, -0.2) is 0 Å². The lowest BCUT2D eigenvalue weighted by atomic mass is 10.2. The summed E-state index contributed by atoms with van der Waals surface area (Å²) >= 11 is 11.4. The zero-order valence-corrected chi connectivity index (χ0v) is 16.5. The molecule has 4 aromatic rings. The second-order valence-electron chi connectivity index (χ2n) is 6.89. The van der Waals surface area contributed by atoms with Gasteiger partial charge in [0.2, 0.25) is 11.8 Å². The van der Waals surface area contributed by atoms with Crippen molar-refractivity contribution in [2.24, 2.45) is 0 Å². The molecule has 0 bridgehead atoms. The van der Waals surface area contributed by atoms with E-state index in [9.17, 15) is 0 Å². The Morgan fingerprint density at radius 1 is 1.07 bits per heavy atom. The van der Waals surface area contributed by atoms with E-state index in [0.29, 0.717) is 40.9 Å². The first-order valence-corrected chi connectivity index (χ1v) is 9.87. The van der Waals surface area contributed by atoms with E-state index in [2.05, 4.69) is 15.1 Å². The predicted octanol–water partition coefficient (Wildman–Crippen LogP) is 5.29. The van der Waals surface area contributed by atoms with Gasteiger partial charge in [-0.1, -0.05) is 23.7 Å². The molecular formula is C20H17ClN4O2S. The van der Waals surface area contributed by atoms with Gasteiger partial charge in [0.15, 0.2) is 5.58 Å². The summed E-state index contributed by atoms with van der Waals surface area (Å²) in [6, 6.07) is 15.7. The predicted molar refractivity (Wildman–Crippen MR) is 108 cm³/mol. The summed E-state index contributed by atoms with van der Waals surface area (Å²) in [6.07, 6.45) is 2.31. The molecule has 2 aromatic heterocycles. The minimum absolute atomic E-state index is 0.472. The lowest BCUT2D eigenvalue weighted by Gasteiger charge is -2.20. The Bertz CT molecular complexity index is 1180.